The number of nitrogens with one attached hydrogen (secondary N) is 2. The molecule has 1 aliphatic rings. The smallest absolute Gasteiger partial charge is 0.409 e. The number of carbonyl (C=O) groups excluding carboxylic acids is 1. The maximum absolute atomic E-state index is 13.3. The molecule has 33 heavy (non-hydrogen) atoms. The van der Waals surface area contributed by atoms with Gasteiger partial charge in [-0.05, 0) is 46.7 Å². The van der Waals surface area contributed by atoms with Crippen molar-refractivity contribution in [1.82, 2.24) is 4.90 Å². The number of benzene rings is 2. The van der Waals surface area contributed by atoms with Crippen LogP contribution in [0.15, 0.2) is 30.3 Å². The number of hydrogen-bond acceptors (Lipinski definition) is 4. The molecule has 178 valence electrons. The Morgan fingerprint density at radius 1 is 1.03 bits per heavy atom. The number of phenolic OH excluding ortho intramolecular Hbond substituents is 1. The average Bonchev–Trinajstić information content (AvgIpc) is 2.94. The number of amidine groups is 1. The monoisotopic (exact) mass is 517 g/mol. The number of halogens is 1. The van der Waals surface area contributed by atoms with Gasteiger partial charge in [-0.25, -0.2) is 4.79 Å². The number of aromatic hydroxyl groups is 1. The van der Waals surface area contributed by atoms with Crippen molar-refractivity contribution >= 4 is 40.4 Å². The van der Waals surface area contributed by atoms with E-state index in [1.807, 2.05) is 41.5 Å². The summed E-state index contributed by atoms with van der Waals surface area (Å²) in [6.07, 6.45) is -1.15. The van der Waals surface area contributed by atoms with Crippen molar-refractivity contribution < 1.29 is 19.8 Å². The highest BCUT2D eigenvalue weighted by molar-refractivity contribution is 8.93. The Kier molecular flexibility index (Phi) is 7.33. The third-order valence-corrected chi connectivity index (χ3v) is 5.67. The van der Waals surface area contributed by atoms with Gasteiger partial charge in [0, 0.05) is 34.5 Å². The Morgan fingerprint density at radius 3 is 2.06 bits per heavy atom. The van der Waals surface area contributed by atoms with Crippen molar-refractivity contribution in [3.8, 4) is 5.75 Å². The second kappa shape index (κ2) is 9.17. The van der Waals surface area contributed by atoms with Crippen molar-refractivity contribution in [3.05, 3.63) is 58.1 Å². The zero-order valence-electron chi connectivity index (χ0n) is 19.9. The van der Waals surface area contributed by atoms with Crippen LogP contribution in [0.3, 0.4) is 0 Å². The summed E-state index contributed by atoms with van der Waals surface area (Å²) in [5.41, 5.74) is 3.18. The van der Waals surface area contributed by atoms with E-state index in [0.717, 1.165) is 16.7 Å². The summed E-state index contributed by atoms with van der Waals surface area (Å²) in [5.74, 6) is 0.324. The lowest BCUT2D eigenvalue weighted by Gasteiger charge is -2.28. The van der Waals surface area contributed by atoms with Crippen LogP contribution in [0, 0.1) is 5.41 Å². The van der Waals surface area contributed by atoms with Crippen LogP contribution in [0.25, 0.3) is 0 Å². The summed E-state index contributed by atoms with van der Waals surface area (Å²) in [6, 6.07) is 8.52. The first-order chi connectivity index (χ1) is 14.7. The van der Waals surface area contributed by atoms with Gasteiger partial charge in [0.1, 0.15) is 11.6 Å². The van der Waals surface area contributed by atoms with E-state index in [4.69, 9.17) is 10.5 Å². The molecule has 0 saturated carbocycles. The first-order valence-electron chi connectivity index (χ1n) is 10.6. The molecule has 0 spiro atoms. The van der Waals surface area contributed by atoms with Gasteiger partial charge in [-0.1, -0.05) is 41.5 Å². The summed E-state index contributed by atoms with van der Waals surface area (Å²) in [5, 5.41) is 30.6. The summed E-state index contributed by atoms with van der Waals surface area (Å²) in [7, 11) is 0. The van der Waals surface area contributed by atoms with Crippen molar-refractivity contribution in [1.29, 1.82) is 5.41 Å². The van der Waals surface area contributed by atoms with Gasteiger partial charge in [0.05, 0.1) is 6.54 Å². The van der Waals surface area contributed by atoms with Crippen LogP contribution in [-0.2, 0) is 17.4 Å². The minimum absolute atomic E-state index is 0. The SMILES string of the molecule is Br.CC(C)(C)c1cc(C(=O)CN2Cc3cc(NC(=O)O)ccc3C2=N)cc(C(C)(C)C)c1O. The van der Waals surface area contributed by atoms with Crippen molar-refractivity contribution in [3.63, 3.8) is 0 Å². The van der Waals surface area contributed by atoms with Gasteiger partial charge in [-0.3, -0.25) is 15.5 Å². The molecular weight excluding hydrogens is 486 g/mol. The Labute approximate surface area is 205 Å². The van der Waals surface area contributed by atoms with Crippen molar-refractivity contribution in [2.75, 3.05) is 11.9 Å². The molecule has 0 radical (unpaired) electrons. The van der Waals surface area contributed by atoms with Gasteiger partial charge in [0.25, 0.3) is 0 Å². The lowest BCUT2D eigenvalue weighted by Crippen LogP contribution is -2.30. The Balaban J connectivity index is 0.00000385. The molecule has 4 N–H and O–H groups in total. The molecule has 2 aromatic rings. The molecule has 0 aromatic heterocycles. The minimum Gasteiger partial charge on any atom is -0.507 e. The maximum atomic E-state index is 13.3. The maximum Gasteiger partial charge on any atom is 0.409 e. The molecule has 2 aromatic carbocycles. The van der Waals surface area contributed by atoms with E-state index in [2.05, 4.69) is 5.32 Å². The van der Waals surface area contributed by atoms with Gasteiger partial charge in [0.2, 0.25) is 0 Å². The molecule has 0 saturated heterocycles. The number of hydrogen-bond donors (Lipinski definition) is 4. The topological polar surface area (TPSA) is 114 Å². The van der Waals surface area contributed by atoms with E-state index < -0.39 is 6.09 Å². The van der Waals surface area contributed by atoms with Crippen LogP contribution in [0.4, 0.5) is 10.5 Å². The number of Topliss-reactive ketones (excluding diaryl/α,β-unsaturated/α-hetero) is 1. The normalized spacial score (nSPS) is 13.4. The van der Waals surface area contributed by atoms with Crippen molar-refractivity contribution in [2.45, 2.75) is 58.9 Å². The number of nitrogens with zero attached hydrogens (tertiary/aromatic N) is 1. The van der Waals surface area contributed by atoms with Crippen LogP contribution >= 0.6 is 17.0 Å². The predicted octanol–water partition coefficient (Wildman–Crippen LogP) is 5.68. The molecule has 0 atom stereocenters. The Hall–Kier alpha value is -2.87. The van der Waals surface area contributed by atoms with E-state index in [9.17, 15) is 14.7 Å². The van der Waals surface area contributed by atoms with E-state index in [-0.39, 0.29) is 51.7 Å². The highest BCUT2D eigenvalue weighted by Gasteiger charge is 2.30. The number of carboxylic acid groups (broad SMARTS) is 1. The van der Waals surface area contributed by atoms with Crippen LogP contribution in [0.2, 0.25) is 0 Å². The number of carbonyl (C=O) groups is 2. The first-order valence-corrected chi connectivity index (χ1v) is 10.6. The fraction of sp³-hybridized carbons (Fsp3) is 0.400. The lowest BCUT2D eigenvalue weighted by atomic mass is 9.78. The molecule has 0 unspecified atom stereocenters. The second-order valence-corrected chi connectivity index (χ2v) is 10.3. The minimum atomic E-state index is -1.15. The van der Waals surface area contributed by atoms with E-state index in [1.54, 1.807) is 35.2 Å². The molecule has 1 aliphatic heterocycles. The van der Waals surface area contributed by atoms with E-state index in [0.29, 0.717) is 23.4 Å². The second-order valence-electron chi connectivity index (χ2n) is 10.3. The first kappa shape index (κ1) is 26.4. The largest absolute Gasteiger partial charge is 0.507 e. The number of anilines is 1. The number of amides is 1. The lowest BCUT2D eigenvalue weighted by molar-refractivity contribution is 0.0962. The van der Waals surface area contributed by atoms with Gasteiger partial charge in [-0.15, -0.1) is 17.0 Å². The van der Waals surface area contributed by atoms with Crippen LogP contribution in [0.5, 0.6) is 5.75 Å². The Morgan fingerprint density at radius 2 is 1.58 bits per heavy atom. The molecular formula is C25H32BrN3O4. The highest BCUT2D eigenvalue weighted by Crippen LogP contribution is 2.40. The van der Waals surface area contributed by atoms with Crippen LogP contribution < -0.4 is 5.32 Å². The molecule has 1 amide bonds. The zero-order valence-corrected chi connectivity index (χ0v) is 21.6. The number of rotatable bonds is 4. The summed E-state index contributed by atoms with van der Waals surface area (Å²) >= 11 is 0. The zero-order chi connectivity index (χ0) is 24.0. The fourth-order valence-electron chi connectivity index (χ4n) is 3.95. The van der Waals surface area contributed by atoms with Crippen LogP contribution in [0.1, 0.15) is 74.2 Å². The number of ketones is 1. The number of fused-ring (bicyclic) bond motifs is 1. The quantitative estimate of drug-likeness (QED) is 0.389. The predicted molar refractivity (Wildman–Crippen MR) is 135 cm³/mol. The summed E-state index contributed by atoms with van der Waals surface area (Å²) in [6.45, 7) is 12.4. The molecule has 0 bridgehead atoms. The van der Waals surface area contributed by atoms with Crippen LogP contribution in [-0.4, -0.2) is 39.4 Å². The molecule has 7 nitrogen and oxygen atoms in total. The molecule has 0 aliphatic carbocycles. The third-order valence-electron chi connectivity index (χ3n) is 5.67. The van der Waals surface area contributed by atoms with Gasteiger partial charge < -0.3 is 15.1 Å². The molecule has 0 fully saturated rings. The van der Waals surface area contributed by atoms with Gasteiger partial charge >= 0.3 is 6.09 Å². The average molecular weight is 518 g/mol. The van der Waals surface area contributed by atoms with Crippen molar-refractivity contribution in [2.24, 2.45) is 0 Å². The standard InChI is InChI=1S/C25H31N3O4.BrH/c1-24(2,3)18-10-14(11-19(21(18)30)25(4,5)6)20(29)13-28-12-15-9-16(27-23(31)32)7-8-17(15)22(28)26;/h7-11,26-27,30H,12-13H2,1-6H3,(H,31,32);1H. The van der Waals surface area contributed by atoms with Gasteiger partial charge in [0.15, 0.2) is 5.78 Å². The Bertz CT molecular complexity index is 1080. The third kappa shape index (κ3) is 5.55. The summed E-state index contributed by atoms with van der Waals surface area (Å²) < 4.78 is 0. The molecule has 8 heteroatoms. The van der Waals surface area contributed by atoms with E-state index in [1.165, 1.54) is 0 Å². The van der Waals surface area contributed by atoms with Gasteiger partial charge in [-0.2, -0.15) is 0 Å². The number of phenols is 1. The molecule has 1 heterocycles. The molecule has 3 rings (SSSR count). The van der Waals surface area contributed by atoms with E-state index >= 15 is 0 Å². The fourth-order valence-corrected chi connectivity index (χ4v) is 3.95. The summed E-state index contributed by atoms with van der Waals surface area (Å²) in [4.78, 5) is 25.8. The highest BCUT2D eigenvalue weighted by atomic mass is 79.9.